The molecular weight excluding hydrogens is 405 g/mol. The Bertz CT molecular complexity index is 1060. The van der Waals surface area contributed by atoms with Gasteiger partial charge in [0.25, 0.3) is 0 Å². The van der Waals surface area contributed by atoms with Gasteiger partial charge >= 0.3 is 0 Å². The number of hydrogen-bond donors (Lipinski definition) is 1. The average Bonchev–Trinajstić information content (AvgIpc) is 2.77. The van der Waals surface area contributed by atoms with E-state index in [0.29, 0.717) is 12.8 Å². The summed E-state index contributed by atoms with van der Waals surface area (Å²) in [6.07, 6.45) is 2.21. The summed E-state index contributed by atoms with van der Waals surface area (Å²) in [6.45, 7) is 0.410. The van der Waals surface area contributed by atoms with E-state index in [1.165, 1.54) is 27.9 Å². The van der Waals surface area contributed by atoms with Crippen molar-refractivity contribution in [2.75, 3.05) is 13.1 Å². The van der Waals surface area contributed by atoms with Crippen LogP contribution in [0.15, 0.2) is 60.0 Å². The maximum atomic E-state index is 13.9. The monoisotopic (exact) mass is 427 g/mol. The number of rotatable bonds is 6. The number of sulfonamides is 1. The van der Waals surface area contributed by atoms with E-state index in [9.17, 15) is 22.9 Å². The molecule has 0 aliphatic carbocycles. The highest BCUT2D eigenvalue weighted by molar-refractivity contribution is 7.92. The van der Waals surface area contributed by atoms with Gasteiger partial charge in [0, 0.05) is 30.0 Å². The Balaban J connectivity index is 1.58. The lowest BCUT2D eigenvalue weighted by molar-refractivity contribution is -0.126. The predicted molar refractivity (Wildman–Crippen MR) is 112 cm³/mol. The number of benzene rings is 2. The zero-order valence-corrected chi connectivity index (χ0v) is 17.1. The third-order valence-electron chi connectivity index (χ3n) is 5.05. The van der Waals surface area contributed by atoms with Gasteiger partial charge in [-0.25, -0.2) is 12.8 Å². The molecule has 1 heterocycles. The molecule has 2 aromatic carbocycles. The molecule has 2 aromatic rings. The molecule has 0 bridgehead atoms. The van der Waals surface area contributed by atoms with Crippen molar-refractivity contribution in [3.05, 3.63) is 76.9 Å². The fraction of sp³-hybridized carbons (Fsp3) is 0.273. The zero-order chi connectivity index (χ0) is 21.6. The average molecular weight is 428 g/mol. The maximum absolute atomic E-state index is 13.9. The molecule has 1 atom stereocenters. The molecule has 1 fully saturated rings. The van der Waals surface area contributed by atoms with Crippen molar-refractivity contribution in [2.24, 2.45) is 5.92 Å². The van der Waals surface area contributed by atoms with Crippen LogP contribution in [0.25, 0.3) is 6.08 Å². The second kappa shape index (κ2) is 9.65. The van der Waals surface area contributed by atoms with Crippen molar-refractivity contribution >= 4 is 22.0 Å². The van der Waals surface area contributed by atoms with Gasteiger partial charge in [0.2, 0.25) is 15.9 Å². The fourth-order valence-corrected chi connectivity index (χ4v) is 4.56. The number of nitrogens with one attached hydrogen (secondary N) is 1. The number of piperidine rings is 1. The summed E-state index contributed by atoms with van der Waals surface area (Å²) >= 11 is 0. The number of nitriles is 1. The van der Waals surface area contributed by atoms with E-state index in [2.05, 4.69) is 5.32 Å². The van der Waals surface area contributed by atoms with E-state index in [4.69, 9.17) is 0 Å². The molecule has 1 aliphatic rings. The van der Waals surface area contributed by atoms with Crippen molar-refractivity contribution in [1.29, 1.82) is 5.26 Å². The molecule has 3 rings (SSSR count). The molecule has 0 spiro atoms. The summed E-state index contributed by atoms with van der Waals surface area (Å²) in [4.78, 5) is 12.6. The zero-order valence-electron chi connectivity index (χ0n) is 16.2. The highest BCUT2D eigenvalue weighted by Gasteiger charge is 2.31. The second-order valence-corrected chi connectivity index (χ2v) is 8.84. The van der Waals surface area contributed by atoms with Gasteiger partial charge < -0.3 is 5.32 Å². The third kappa shape index (κ3) is 5.32. The van der Waals surface area contributed by atoms with Crippen LogP contribution in [0.3, 0.4) is 0 Å². The molecule has 156 valence electrons. The van der Waals surface area contributed by atoms with Gasteiger partial charge in [-0.15, -0.1) is 0 Å². The van der Waals surface area contributed by atoms with E-state index < -0.39 is 27.8 Å². The van der Waals surface area contributed by atoms with Crippen LogP contribution in [0, 0.1) is 23.1 Å². The third-order valence-corrected chi connectivity index (χ3v) is 6.61. The Morgan fingerprint density at radius 3 is 2.40 bits per heavy atom. The largest absolute Gasteiger partial charge is 0.336 e. The highest BCUT2D eigenvalue weighted by atomic mass is 32.2. The molecule has 6 nitrogen and oxygen atoms in total. The Morgan fingerprint density at radius 1 is 1.13 bits per heavy atom. The molecule has 0 saturated carbocycles. The lowest BCUT2D eigenvalue weighted by Crippen LogP contribution is -2.43. The molecule has 1 amide bonds. The van der Waals surface area contributed by atoms with E-state index in [1.54, 1.807) is 12.1 Å². The molecule has 0 aromatic heterocycles. The van der Waals surface area contributed by atoms with Gasteiger partial charge in [0.05, 0.1) is 6.07 Å². The number of halogens is 1. The Hall–Kier alpha value is -3.02. The van der Waals surface area contributed by atoms with Crippen molar-refractivity contribution in [3.8, 4) is 6.07 Å². The minimum atomic E-state index is -3.59. The normalized spacial score (nSPS) is 16.8. The number of hydrogen-bond acceptors (Lipinski definition) is 4. The van der Waals surface area contributed by atoms with Crippen molar-refractivity contribution < 1.29 is 17.6 Å². The van der Waals surface area contributed by atoms with E-state index >= 15 is 0 Å². The summed E-state index contributed by atoms with van der Waals surface area (Å²) in [6, 6.07) is 15.7. The standard InChI is InChI=1S/C22H22FN3O3S/c23-20-9-5-4-8-19(20)21(16-24)25-22(27)18-10-13-26(14-11-18)30(28,29)15-12-17-6-2-1-3-7-17/h1-9,12,15,18,21H,10-11,13-14H2,(H,25,27)/b15-12+. The first kappa shape index (κ1) is 21.7. The smallest absolute Gasteiger partial charge is 0.236 e. The number of carbonyl (C=O) groups is 1. The van der Waals surface area contributed by atoms with Gasteiger partial charge in [0.15, 0.2) is 0 Å². The Labute approximate surface area is 175 Å². The first-order valence-electron chi connectivity index (χ1n) is 9.58. The SMILES string of the molecule is N#CC(NC(=O)C1CCN(S(=O)(=O)/C=C/c2ccccc2)CC1)c1ccccc1F. The summed E-state index contributed by atoms with van der Waals surface area (Å²) < 4.78 is 40.3. The number of nitrogens with zero attached hydrogens (tertiary/aromatic N) is 2. The minimum Gasteiger partial charge on any atom is -0.336 e. The van der Waals surface area contributed by atoms with Gasteiger partial charge in [-0.05, 0) is 30.5 Å². The number of carbonyl (C=O) groups excluding carboxylic acids is 1. The molecule has 1 saturated heterocycles. The van der Waals surface area contributed by atoms with Gasteiger partial charge in [-0.3, -0.25) is 4.79 Å². The quantitative estimate of drug-likeness (QED) is 0.766. The highest BCUT2D eigenvalue weighted by Crippen LogP contribution is 2.23. The Kier molecular flexibility index (Phi) is 6.98. The topological polar surface area (TPSA) is 90.3 Å². The van der Waals surface area contributed by atoms with Crippen LogP contribution in [0.4, 0.5) is 4.39 Å². The van der Waals surface area contributed by atoms with Crippen molar-refractivity contribution in [2.45, 2.75) is 18.9 Å². The lowest BCUT2D eigenvalue weighted by atomic mass is 9.96. The van der Waals surface area contributed by atoms with Crippen LogP contribution >= 0.6 is 0 Å². The van der Waals surface area contributed by atoms with Gasteiger partial charge in [0.1, 0.15) is 11.9 Å². The van der Waals surface area contributed by atoms with Crippen LogP contribution in [0.1, 0.15) is 30.0 Å². The first-order chi connectivity index (χ1) is 14.4. The summed E-state index contributed by atoms with van der Waals surface area (Å²) in [7, 11) is -3.59. The molecule has 1 N–H and O–H groups in total. The van der Waals surface area contributed by atoms with Crippen LogP contribution < -0.4 is 5.32 Å². The molecule has 0 radical (unpaired) electrons. The van der Waals surface area contributed by atoms with E-state index in [-0.39, 0.29) is 24.6 Å². The van der Waals surface area contributed by atoms with Crippen molar-refractivity contribution in [1.82, 2.24) is 9.62 Å². The molecule has 30 heavy (non-hydrogen) atoms. The van der Waals surface area contributed by atoms with Crippen LogP contribution in [0.2, 0.25) is 0 Å². The summed E-state index contributed by atoms with van der Waals surface area (Å²) in [5.74, 6) is -1.37. The summed E-state index contributed by atoms with van der Waals surface area (Å²) in [5.41, 5.74) is 0.894. The van der Waals surface area contributed by atoms with Crippen LogP contribution in [0.5, 0.6) is 0 Å². The van der Waals surface area contributed by atoms with Crippen LogP contribution in [-0.2, 0) is 14.8 Å². The summed E-state index contributed by atoms with van der Waals surface area (Å²) in [5, 5.41) is 13.1. The molecule has 8 heteroatoms. The van der Waals surface area contributed by atoms with Crippen LogP contribution in [-0.4, -0.2) is 31.7 Å². The first-order valence-corrected chi connectivity index (χ1v) is 11.1. The van der Waals surface area contributed by atoms with Gasteiger partial charge in [-0.2, -0.15) is 9.57 Å². The second-order valence-electron chi connectivity index (χ2n) is 7.02. The Morgan fingerprint density at radius 2 is 1.77 bits per heavy atom. The van der Waals surface area contributed by atoms with E-state index in [1.807, 2.05) is 36.4 Å². The lowest BCUT2D eigenvalue weighted by Gasteiger charge is -2.30. The molecule has 1 aliphatic heterocycles. The predicted octanol–water partition coefficient (Wildman–Crippen LogP) is 3.22. The van der Waals surface area contributed by atoms with Gasteiger partial charge in [-0.1, -0.05) is 48.5 Å². The fourth-order valence-electron chi connectivity index (χ4n) is 3.34. The molecule has 1 unspecified atom stereocenters. The van der Waals surface area contributed by atoms with E-state index in [0.717, 1.165) is 5.56 Å². The minimum absolute atomic E-state index is 0.111. The van der Waals surface area contributed by atoms with Crippen molar-refractivity contribution in [3.63, 3.8) is 0 Å². The maximum Gasteiger partial charge on any atom is 0.236 e. The number of amides is 1. The molecular formula is C22H22FN3O3S.